The van der Waals surface area contributed by atoms with Crippen LogP contribution in [-0.4, -0.2) is 31.3 Å². The fraction of sp³-hybridized carbons (Fsp3) is 0.300. The van der Waals surface area contributed by atoms with Crippen molar-refractivity contribution in [3.05, 3.63) is 60.2 Å². The van der Waals surface area contributed by atoms with E-state index in [4.69, 9.17) is 4.74 Å². The zero-order valence-corrected chi connectivity index (χ0v) is 14.9. The maximum atomic E-state index is 12.1. The molecule has 3 rings (SSSR count). The van der Waals surface area contributed by atoms with Crippen LogP contribution >= 0.6 is 0 Å². The Morgan fingerprint density at radius 2 is 1.85 bits per heavy atom. The van der Waals surface area contributed by atoms with Crippen molar-refractivity contribution in [3.63, 3.8) is 0 Å². The third-order valence-electron chi connectivity index (χ3n) is 4.27. The second-order valence-corrected chi connectivity index (χ2v) is 6.56. The highest BCUT2D eigenvalue weighted by molar-refractivity contribution is 5.90. The lowest BCUT2D eigenvalue weighted by atomic mass is 10.0. The van der Waals surface area contributed by atoms with E-state index in [9.17, 15) is 9.59 Å². The first-order valence-corrected chi connectivity index (χ1v) is 8.71. The van der Waals surface area contributed by atoms with Crippen molar-refractivity contribution in [2.75, 3.05) is 23.3 Å². The van der Waals surface area contributed by atoms with Gasteiger partial charge in [0.25, 0.3) is 0 Å². The molecule has 26 heavy (non-hydrogen) atoms. The predicted octanol–water partition coefficient (Wildman–Crippen LogP) is 3.96. The molecule has 136 valence electrons. The maximum Gasteiger partial charge on any atom is 0.414 e. The average Bonchev–Trinajstić information content (AvgIpc) is 3.02. The summed E-state index contributed by atoms with van der Waals surface area (Å²) >= 11 is 0. The minimum Gasteiger partial charge on any atom is -0.442 e. The number of ether oxygens (including phenoxy) is 1. The molecule has 0 bridgehead atoms. The number of rotatable bonds is 5. The van der Waals surface area contributed by atoms with Crippen molar-refractivity contribution in [2.24, 2.45) is 0 Å². The van der Waals surface area contributed by atoms with Crippen molar-refractivity contribution in [2.45, 2.75) is 25.9 Å². The molecule has 6 nitrogen and oxygen atoms in total. The summed E-state index contributed by atoms with van der Waals surface area (Å²) in [5.74, 6) is 0.439. The van der Waals surface area contributed by atoms with Gasteiger partial charge in [0.15, 0.2) is 0 Å². The molecule has 0 aromatic heterocycles. The summed E-state index contributed by atoms with van der Waals surface area (Å²) in [5, 5.41) is 5.47. The van der Waals surface area contributed by atoms with Crippen molar-refractivity contribution in [1.82, 2.24) is 5.32 Å². The van der Waals surface area contributed by atoms with Gasteiger partial charge in [-0.25, -0.2) is 9.59 Å². The second-order valence-electron chi connectivity index (χ2n) is 6.56. The molecule has 1 fully saturated rings. The number of urea groups is 1. The maximum absolute atomic E-state index is 12.1. The molecular weight excluding hydrogens is 330 g/mol. The number of nitrogens with one attached hydrogen (secondary N) is 2. The minimum atomic E-state index is -0.391. The second kappa shape index (κ2) is 7.91. The lowest BCUT2D eigenvalue weighted by Crippen LogP contribution is -2.37. The molecule has 1 aliphatic heterocycles. The van der Waals surface area contributed by atoms with Gasteiger partial charge in [0, 0.05) is 11.4 Å². The number of benzene rings is 2. The van der Waals surface area contributed by atoms with E-state index in [2.05, 4.69) is 24.5 Å². The van der Waals surface area contributed by atoms with Crippen LogP contribution in [0, 0.1) is 0 Å². The van der Waals surface area contributed by atoms with Gasteiger partial charge in [-0.2, -0.15) is 0 Å². The molecule has 1 heterocycles. The van der Waals surface area contributed by atoms with E-state index in [-0.39, 0.29) is 18.7 Å². The van der Waals surface area contributed by atoms with Gasteiger partial charge in [-0.15, -0.1) is 0 Å². The highest BCUT2D eigenvalue weighted by atomic mass is 16.6. The highest BCUT2D eigenvalue weighted by Crippen LogP contribution is 2.24. The third kappa shape index (κ3) is 4.33. The smallest absolute Gasteiger partial charge is 0.414 e. The summed E-state index contributed by atoms with van der Waals surface area (Å²) in [6, 6.07) is 16.7. The van der Waals surface area contributed by atoms with Crippen LogP contribution < -0.4 is 15.5 Å². The number of cyclic esters (lactones) is 1. The lowest BCUT2D eigenvalue weighted by Gasteiger charge is -2.14. The lowest BCUT2D eigenvalue weighted by molar-refractivity contribution is 0.141. The molecule has 1 aliphatic rings. The van der Waals surface area contributed by atoms with E-state index in [1.807, 2.05) is 42.5 Å². The van der Waals surface area contributed by atoms with Crippen LogP contribution in [0.4, 0.5) is 21.0 Å². The van der Waals surface area contributed by atoms with Crippen LogP contribution in [-0.2, 0) is 4.74 Å². The van der Waals surface area contributed by atoms with E-state index in [0.717, 1.165) is 5.69 Å². The first-order valence-electron chi connectivity index (χ1n) is 8.71. The first kappa shape index (κ1) is 17.8. The van der Waals surface area contributed by atoms with Crippen LogP contribution in [0.15, 0.2) is 54.6 Å². The molecule has 0 saturated carbocycles. The highest BCUT2D eigenvalue weighted by Gasteiger charge is 2.32. The Kier molecular flexibility index (Phi) is 5.41. The van der Waals surface area contributed by atoms with Crippen molar-refractivity contribution < 1.29 is 14.3 Å². The van der Waals surface area contributed by atoms with Crippen molar-refractivity contribution in [3.8, 4) is 0 Å². The summed E-state index contributed by atoms with van der Waals surface area (Å²) in [5.41, 5.74) is 2.73. The monoisotopic (exact) mass is 353 g/mol. The van der Waals surface area contributed by atoms with Crippen molar-refractivity contribution in [1.29, 1.82) is 0 Å². The number of hydrogen-bond donors (Lipinski definition) is 2. The summed E-state index contributed by atoms with van der Waals surface area (Å²) in [6.07, 6.45) is -0.772. The number of anilines is 2. The molecule has 1 saturated heterocycles. The topological polar surface area (TPSA) is 70.7 Å². The molecular formula is C20H23N3O3. The fourth-order valence-corrected chi connectivity index (χ4v) is 2.78. The van der Waals surface area contributed by atoms with Gasteiger partial charge in [0.2, 0.25) is 0 Å². The van der Waals surface area contributed by atoms with Gasteiger partial charge >= 0.3 is 12.1 Å². The van der Waals surface area contributed by atoms with Gasteiger partial charge < -0.3 is 15.4 Å². The van der Waals surface area contributed by atoms with Crippen molar-refractivity contribution >= 4 is 23.5 Å². The van der Waals surface area contributed by atoms with Crippen LogP contribution in [0.3, 0.4) is 0 Å². The Morgan fingerprint density at radius 1 is 1.15 bits per heavy atom. The third-order valence-corrected chi connectivity index (χ3v) is 4.27. The standard InChI is InChI=1S/C20H23N3O3/c1-14(2)15-8-10-17(11-9-15)23-13-18(26-20(23)25)12-21-19(24)22-16-6-4-3-5-7-16/h3-11,14,18H,12-13H2,1-2H3,(H2,21,22,24). The quantitative estimate of drug-likeness (QED) is 0.855. The zero-order valence-electron chi connectivity index (χ0n) is 14.9. The average molecular weight is 353 g/mol. The molecule has 0 aliphatic carbocycles. The molecule has 2 aromatic rings. The van der Waals surface area contributed by atoms with Gasteiger partial charge in [0.05, 0.1) is 13.1 Å². The number of para-hydroxylation sites is 1. The van der Waals surface area contributed by atoms with Gasteiger partial charge in [0.1, 0.15) is 6.10 Å². The van der Waals surface area contributed by atoms with E-state index in [1.54, 1.807) is 17.0 Å². The molecule has 6 heteroatoms. The Morgan fingerprint density at radius 3 is 2.50 bits per heavy atom. The van der Waals surface area contributed by atoms with E-state index in [0.29, 0.717) is 18.2 Å². The zero-order chi connectivity index (χ0) is 18.5. The number of carbonyl (C=O) groups is 2. The molecule has 3 amide bonds. The predicted molar refractivity (Wildman–Crippen MR) is 102 cm³/mol. The molecule has 2 aromatic carbocycles. The number of nitrogens with zero attached hydrogens (tertiary/aromatic N) is 1. The number of amides is 3. The summed E-state index contributed by atoms with van der Waals surface area (Å²) in [4.78, 5) is 25.6. The number of hydrogen-bond acceptors (Lipinski definition) is 3. The number of carbonyl (C=O) groups excluding carboxylic acids is 2. The SMILES string of the molecule is CC(C)c1ccc(N2CC(CNC(=O)Nc3ccccc3)OC2=O)cc1. The Balaban J connectivity index is 1.52. The molecule has 0 spiro atoms. The largest absolute Gasteiger partial charge is 0.442 e. The Bertz CT molecular complexity index is 760. The Hall–Kier alpha value is -3.02. The molecule has 0 radical (unpaired) electrons. The normalized spacial score (nSPS) is 16.5. The molecule has 1 atom stereocenters. The van der Waals surface area contributed by atoms with E-state index in [1.165, 1.54) is 5.56 Å². The van der Waals surface area contributed by atoms with Gasteiger partial charge in [-0.3, -0.25) is 4.90 Å². The summed E-state index contributed by atoms with van der Waals surface area (Å²) in [6.45, 7) is 4.92. The van der Waals surface area contributed by atoms with Gasteiger partial charge in [-0.1, -0.05) is 44.2 Å². The fourth-order valence-electron chi connectivity index (χ4n) is 2.78. The minimum absolute atomic E-state index is 0.255. The van der Waals surface area contributed by atoms with Crippen LogP contribution in [0.5, 0.6) is 0 Å². The summed E-state index contributed by atoms with van der Waals surface area (Å²) < 4.78 is 5.35. The first-order chi connectivity index (χ1) is 12.5. The van der Waals surface area contributed by atoms with Gasteiger partial charge in [-0.05, 0) is 35.7 Å². The van der Waals surface area contributed by atoms with E-state index < -0.39 is 6.09 Å². The van der Waals surface area contributed by atoms with E-state index >= 15 is 0 Å². The van der Waals surface area contributed by atoms with Crippen LogP contribution in [0.1, 0.15) is 25.3 Å². The van der Waals surface area contributed by atoms with Crippen LogP contribution in [0.2, 0.25) is 0 Å². The van der Waals surface area contributed by atoms with Crippen LogP contribution in [0.25, 0.3) is 0 Å². The summed E-state index contributed by atoms with van der Waals surface area (Å²) in [7, 11) is 0. The molecule has 1 unspecified atom stereocenters. The Labute approximate surface area is 153 Å². The molecule has 2 N–H and O–H groups in total.